The Morgan fingerprint density at radius 2 is 1.88 bits per heavy atom. The number of fused-ring (bicyclic) bond motifs is 1. The summed E-state index contributed by atoms with van der Waals surface area (Å²) in [6, 6.07) is 12.0. The molecule has 0 radical (unpaired) electrons. The van der Waals surface area contributed by atoms with Crippen LogP contribution in [-0.4, -0.2) is 5.91 Å². The number of nitriles is 1. The summed E-state index contributed by atoms with van der Waals surface area (Å²) in [5.74, 6) is -0.190. The molecule has 0 spiro atoms. The molecule has 0 atom stereocenters. The summed E-state index contributed by atoms with van der Waals surface area (Å²) in [5, 5.41) is 13.1. The summed E-state index contributed by atoms with van der Waals surface area (Å²) in [6.45, 7) is 0. The minimum atomic E-state index is -0.190. The van der Waals surface area contributed by atoms with Crippen molar-refractivity contribution in [2.75, 3.05) is 5.32 Å². The van der Waals surface area contributed by atoms with Crippen LogP contribution in [0.4, 0.5) is 5.00 Å². The van der Waals surface area contributed by atoms with Crippen LogP contribution in [0.2, 0.25) is 0 Å². The highest BCUT2D eigenvalue weighted by Gasteiger charge is 2.19. The predicted octanol–water partition coefficient (Wildman–Crippen LogP) is 4.93. The number of hydrogen-bond donors (Lipinski definition) is 1. The van der Waals surface area contributed by atoms with Gasteiger partial charge >= 0.3 is 0 Å². The average Bonchev–Trinajstić information content (AvgIpc) is 2.89. The van der Waals surface area contributed by atoms with Gasteiger partial charge in [-0.05, 0) is 42.9 Å². The summed E-state index contributed by atoms with van der Waals surface area (Å²) in [4.78, 5) is 13.5. The SMILES string of the molecule is N#Cc1c(NC(=O)C=Cc2ccccc2)sc2c1CCCCCC2. The number of amides is 1. The second kappa shape index (κ2) is 7.94. The van der Waals surface area contributed by atoms with Gasteiger partial charge in [-0.1, -0.05) is 43.2 Å². The molecule has 0 fully saturated rings. The van der Waals surface area contributed by atoms with Crippen molar-refractivity contribution >= 4 is 28.3 Å². The fraction of sp³-hybridized carbons (Fsp3) is 0.300. The van der Waals surface area contributed by atoms with Gasteiger partial charge in [0.25, 0.3) is 0 Å². The molecule has 1 aliphatic carbocycles. The first-order valence-corrected chi connectivity index (χ1v) is 9.18. The molecule has 0 aliphatic heterocycles. The van der Waals surface area contributed by atoms with Crippen LogP contribution in [0, 0.1) is 11.3 Å². The minimum Gasteiger partial charge on any atom is -0.313 e. The van der Waals surface area contributed by atoms with Crippen molar-refractivity contribution in [3.05, 3.63) is 58.0 Å². The maximum atomic E-state index is 12.2. The number of hydrogen-bond acceptors (Lipinski definition) is 3. The van der Waals surface area contributed by atoms with E-state index in [9.17, 15) is 10.1 Å². The van der Waals surface area contributed by atoms with Crippen LogP contribution >= 0.6 is 11.3 Å². The van der Waals surface area contributed by atoms with Gasteiger partial charge in [0.05, 0.1) is 5.56 Å². The molecule has 0 saturated heterocycles. The third-order valence-corrected chi connectivity index (χ3v) is 5.45. The second-order valence-electron chi connectivity index (χ2n) is 5.97. The first-order chi connectivity index (χ1) is 11.8. The average molecular weight is 336 g/mol. The third-order valence-electron chi connectivity index (χ3n) is 4.25. The van der Waals surface area contributed by atoms with Crippen molar-refractivity contribution in [3.8, 4) is 6.07 Å². The van der Waals surface area contributed by atoms with E-state index in [0.29, 0.717) is 10.6 Å². The molecule has 1 heterocycles. The molecule has 0 bridgehead atoms. The van der Waals surface area contributed by atoms with Crippen LogP contribution in [0.1, 0.15) is 47.3 Å². The van der Waals surface area contributed by atoms with E-state index in [2.05, 4.69) is 11.4 Å². The lowest BCUT2D eigenvalue weighted by Gasteiger charge is -2.08. The van der Waals surface area contributed by atoms with Gasteiger partial charge in [0.2, 0.25) is 5.91 Å². The van der Waals surface area contributed by atoms with E-state index in [4.69, 9.17) is 0 Å². The Kier molecular flexibility index (Phi) is 5.45. The molecule has 122 valence electrons. The normalized spacial score (nSPS) is 14.5. The predicted molar refractivity (Wildman–Crippen MR) is 99.0 cm³/mol. The Labute approximate surface area is 146 Å². The molecule has 2 aromatic rings. The molecule has 24 heavy (non-hydrogen) atoms. The third kappa shape index (κ3) is 3.93. The quantitative estimate of drug-likeness (QED) is 0.808. The highest BCUT2D eigenvalue weighted by Crippen LogP contribution is 2.36. The van der Waals surface area contributed by atoms with E-state index in [0.717, 1.165) is 30.4 Å². The van der Waals surface area contributed by atoms with Crippen LogP contribution in [0.15, 0.2) is 36.4 Å². The summed E-state index contributed by atoms with van der Waals surface area (Å²) in [7, 11) is 0. The minimum absolute atomic E-state index is 0.190. The van der Waals surface area contributed by atoms with Crippen molar-refractivity contribution in [3.63, 3.8) is 0 Å². The number of carbonyl (C=O) groups excluding carboxylic acids is 1. The number of carbonyl (C=O) groups is 1. The first kappa shape index (κ1) is 16.5. The molecule has 3 nitrogen and oxygen atoms in total. The maximum absolute atomic E-state index is 12.2. The van der Waals surface area contributed by atoms with Gasteiger partial charge in [-0.2, -0.15) is 5.26 Å². The highest BCUT2D eigenvalue weighted by atomic mass is 32.1. The zero-order valence-electron chi connectivity index (χ0n) is 13.5. The van der Waals surface area contributed by atoms with Crippen molar-refractivity contribution in [2.45, 2.75) is 38.5 Å². The Morgan fingerprint density at radius 3 is 2.62 bits per heavy atom. The Bertz CT molecular complexity index is 784. The van der Waals surface area contributed by atoms with E-state index in [1.54, 1.807) is 17.4 Å². The molecule has 0 saturated carbocycles. The maximum Gasteiger partial charge on any atom is 0.249 e. The van der Waals surface area contributed by atoms with Gasteiger partial charge in [-0.15, -0.1) is 11.3 Å². The Morgan fingerprint density at radius 1 is 1.12 bits per heavy atom. The number of anilines is 1. The van der Waals surface area contributed by atoms with Gasteiger partial charge in [-0.25, -0.2) is 0 Å². The number of thiophene rings is 1. The molecule has 1 N–H and O–H groups in total. The summed E-state index contributed by atoms with van der Waals surface area (Å²) in [5.41, 5.74) is 2.80. The zero-order valence-corrected chi connectivity index (χ0v) is 14.4. The number of benzene rings is 1. The molecule has 1 aromatic heterocycles. The van der Waals surface area contributed by atoms with Gasteiger partial charge in [-0.3, -0.25) is 4.79 Å². The first-order valence-electron chi connectivity index (χ1n) is 8.36. The number of nitrogens with one attached hydrogen (secondary N) is 1. The van der Waals surface area contributed by atoms with Crippen molar-refractivity contribution in [2.24, 2.45) is 0 Å². The van der Waals surface area contributed by atoms with Gasteiger partial charge in [0.15, 0.2) is 0 Å². The Balaban J connectivity index is 1.77. The number of aryl methyl sites for hydroxylation is 1. The van der Waals surface area contributed by atoms with Crippen LogP contribution in [0.3, 0.4) is 0 Å². The summed E-state index contributed by atoms with van der Waals surface area (Å²) in [6.07, 6.45) is 10.0. The second-order valence-corrected chi connectivity index (χ2v) is 7.07. The van der Waals surface area contributed by atoms with Crippen molar-refractivity contribution < 1.29 is 4.79 Å². The van der Waals surface area contributed by atoms with Crippen molar-refractivity contribution in [1.29, 1.82) is 5.26 Å². The van der Waals surface area contributed by atoms with Crippen LogP contribution in [-0.2, 0) is 17.6 Å². The standard InChI is InChI=1S/C20H20N2OS/c21-14-17-16-10-6-1-2-7-11-18(16)24-20(17)22-19(23)13-12-15-8-4-3-5-9-15/h3-5,8-9,12-13H,1-2,6-7,10-11H2,(H,22,23). The topological polar surface area (TPSA) is 52.9 Å². The smallest absolute Gasteiger partial charge is 0.249 e. The number of rotatable bonds is 3. The molecule has 0 unspecified atom stereocenters. The lowest BCUT2D eigenvalue weighted by atomic mass is 9.97. The fourth-order valence-corrected chi connectivity index (χ4v) is 4.26. The molecule has 1 aromatic carbocycles. The van der Waals surface area contributed by atoms with E-state index < -0.39 is 0 Å². The Hall–Kier alpha value is -2.38. The zero-order chi connectivity index (χ0) is 16.8. The summed E-state index contributed by atoms with van der Waals surface area (Å²) >= 11 is 1.57. The van der Waals surface area contributed by atoms with E-state index in [1.807, 2.05) is 30.3 Å². The lowest BCUT2D eigenvalue weighted by Crippen LogP contribution is -2.07. The van der Waals surface area contributed by atoms with Gasteiger partial charge in [0, 0.05) is 11.0 Å². The molecule has 1 amide bonds. The van der Waals surface area contributed by atoms with Gasteiger partial charge in [0.1, 0.15) is 11.1 Å². The van der Waals surface area contributed by atoms with Crippen LogP contribution in [0.5, 0.6) is 0 Å². The van der Waals surface area contributed by atoms with Crippen LogP contribution < -0.4 is 5.32 Å². The van der Waals surface area contributed by atoms with E-state index >= 15 is 0 Å². The molecule has 1 aliphatic rings. The van der Waals surface area contributed by atoms with E-state index in [1.165, 1.54) is 30.2 Å². The van der Waals surface area contributed by atoms with E-state index in [-0.39, 0.29) is 5.91 Å². The van der Waals surface area contributed by atoms with Crippen molar-refractivity contribution in [1.82, 2.24) is 0 Å². The fourth-order valence-electron chi connectivity index (χ4n) is 3.02. The molecule has 3 rings (SSSR count). The number of nitrogens with zero attached hydrogens (tertiary/aromatic N) is 1. The monoisotopic (exact) mass is 336 g/mol. The largest absolute Gasteiger partial charge is 0.313 e. The summed E-state index contributed by atoms with van der Waals surface area (Å²) < 4.78 is 0. The molecule has 4 heteroatoms. The molecular formula is C20H20N2OS. The van der Waals surface area contributed by atoms with Crippen LogP contribution in [0.25, 0.3) is 6.08 Å². The van der Waals surface area contributed by atoms with Gasteiger partial charge < -0.3 is 5.32 Å². The molecular weight excluding hydrogens is 316 g/mol. The lowest BCUT2D eigenvalue weighted by molar-refractivity contribution is -0.111. The highest BCUT2D eigenvalue weighted by molar-refractivity contribution is 7.16.